The van der Waals surface area contributed by atoms with Gasteiger partial charge in [-0.2, -0.15) is 0 Å². The molecule has 0 aliphatic rings. The third-order valence-corrected chi connectivity index (χ3v) is 4.93. The second kappa shape index (κ2) is 10.7. The molecule has 4 rings (SSSR count). The lowest BCUT2D eigenvalue weighted by atomic mass is 10.1. The number of nitrogens with zero attached hydrogens (tertiary/aromatic N) is 1. The van der Waals surface area contributed by atoms with E-state index in [1.165, 1.54) is 0 Å². The smallest absolute Gasteiger partial charge is 0.257 e. The van der Waals surface area contributed by atoms with Crippen molar-refractivity contribution in [2.75, 3.05) is 10.6 Å². The van der Waals surface area contributed by atoms with Crippen molar-refractivity contribution < 1.29 is 9.59 Å². The van der Waals surface area contributed by atoms with Gasteiger partial charge < -0.3 is 10.6 Å². The van der Waals surface area contributed by atoms with Crippen LogP contribution in [0.4, 0.5) is 11.4 Å². The van der Waals surface area contributed by atoms with Gasteiger partial charge in [0.2, 0.25) is 5.91 Å². The Hall–Kier alpha value is -4.51. The molecular formula is C28H23N3O2. The Morgan fingerprint density at radius 3 is 2.36 bits per heavy atom. The molecule has 3 aromatic carbocycles. The molecule has 1 aromatic heterocycles. The molecule has 162 valence electrons. The maximum atomic E-state index is 13.0. The van der Waals surface area contributed by atoms with Crippen LogP contribution in [0.15, 0.2) is 103 Å². The Bertz CT molecular complexity index is 1270. The van der Waals surface area contributed by atoms with Crippen LogP contribution in [0.1, 0.15) is 27.2 Å². The van der Waals surface area contributed by atoms with Gasteiger partial charge in [0.05, 0.1) is 23.4 Å². The molecule has 2 N–H and O–H groups in total. The molecule has 5 heteroatoms. The van der Waals surface area contributed by atoms with E-state index in [9.17, 15) is 9.59 Å². The molecule has 0 aliphatic carbocycles. The quantitative estimate of drug-likeness (QED) is 0.394. The van der Waals surface area contributed by atoms with E-state index in [1.54, 1.807) is 30.5 Å². The molecular weight excluding hydrogens is 410 g/mol. The highest BCUT2D eigenvalue weighted by Crippen LogP contribution is 2.19. The fourth-order valence-electron chi connectivity index (χ4n) is 3.34. The summed E-state index contributed by atoms with van der Waals surface area (Å²) in [6.45, 7) is 0. The number of aromatic nitrogens is 1. The first-order valence-electron chi connectivity index (χ1n) is 10.6. The minimum Gasteiger partial charge on any atom is -0.325 e. The zero-order chi connectivity index (χ0) is 22.9. The highest BCUT2D eigenvalue weighted by molar-refractivity contribution is 6.10. The van der Waals surface area contributed by atoms with Crippen LogP contribution in [0.5, 0.6) is 0 Å². The lowest BCUT2D eigenvalue weighted by Crippen LogP contribution is -2.19. The van der Waals surface area contributed by atoms with Gasteiger partial charge in [-0.3, -0.25) is 14.6 Å². The fourth-order valence-corrected chi connectivity index (χ4v) is 3.34. The van der Waals surface area contributed by atoms with Crippen LogP contribution >= 0.6 is 0 Å². The fraction of sp³-hybridized carbons (Fsp3) is 0.0357. The van der Waals surface area contributed by atoms with Crippen molar-refractivity contribution >= 4 is 35.3 Å². The Morgan fingerprint density at radius 2 is 1.55 bits per heavy atom. The Morgan fingerprint density at radius 1 is 0.758 bits per heavy atom. The average molecular weight is 434 g/mol. The molecule has 0 aliphatic heterocycles. The second-order valence-corrected chi connectivity index (χ2v) is 7.42. The predicted molar refractivity (Wildman–Crippen MR) is 133 cm³/mol. The average Bonchev–Trinajstić information content (AvgIpc) is 2.84. The number of carbonyl (C=O) groups excluding carboxylic acids is 2. The van der Waals surface area contributed by atoms with E-state index in [4.69, 9.17) is 0 Å². The summed E-state index contributed by atoms with van der Waals surface area (Å²) in [6.07, 6.45) is 5.84. The summed E-state index contributed by atoms with van der Waals surface area (Å²) in [5.41, 5.74) is 4.23. The number of hydrogen-bond acceptors (Lipinski definition) is 3. The molecule has 1 heterocycles. The standard InChI is InChI=1S/C28H23N3O2/c32-27(20-21-9-2-1-3-10-21)31-26-15-5-4-14-25(26)28(33)30-24-13-8-11-22(19-24)16-17-23-12-6-7-18-29-23/h1-19H,20H2,(H,30,33)(H,31,32). The predicted octanol–water partition coefficient (Wildman–Crippen LogP) is 5.69. The van der Waals surface area contributed by atoms with Crippen LogP contribution in [0.2, 0.25) is 0 Å². The highest BCUT2D eigenvalue weighted by atomic mass is 16.2. The topological polar surface area (TPSA) is 71.1 Å². The van der Waals surface area contributed by atoms with Gasteiger partial charge in [0.15, 0.2) is 0 Å². The minimum atomic E-state index is -0.295. The summed E-state index contributed by atoms with van der Waals surface area (Å²) in [7, 11) is 0. The Kier molecular flexibility index (Phi) is 7.03. The van der Waals surface area contributed by atoms with E-state index in [0.29, 0.717) is 16.9 Å². The van der Waals surface area contributed by atoms with Gasteiger partial charge in [0, 0.05) is 11.9 Å². The van der Waals surface area contributed by atoms with E-state index in [2.05, 4.69) is 15.6 Å². The molecule has 4 aromatic rings. The molecule has 0 unspecified atom stereocenters. The van der Waals surface area contributed by atoms with Gasteiger partial charge in [0.25, 0.3) is 5.91 Å². The van der Waals surface area contributed by atoms with Gasteiger partial charge in [-0.1, -0.05) is 66.7 Å². The first-order chi connectivity index (χ1) is 16.2. The number of para-hydroxylation sites is 1. The molecule has 0 fully saturated rings. The van der Waals surface area contributed by atoms with Gasteiger partial charge in [0.1, 0.15) is 0 Å². The highest BCUT2D eigenvalue weighted by Gasteiger charge is 2.14. The molecule has 0 atom stereocenters. The number of benzene rings is 3. The van der Waals surface area contributed by atoms with E-state index in [0.717, 1.165) is 16.8 Å². The molecule has 0 saturated heterocycles. The third kappa shape index (κ3) is 6.24. The first-order valence-corrected chi connectivity index (χ1v) is 10.6. The number of nitrogens with one attached hydrogen (secondary N) is 2. The van der Waals surface area contributed by atoms with Gasteiger partial charge in [-0.15, -0.1) is 0 Å². The normalized spacial score (nSPS) is 10.7. The third-order valence-electron chi connectivity index (χ3n) is 4.93. The van der Waals surface area contributed by atoms with Crippen LogP contribution < -0.4 is 10.6 Å². The second-order valence-electron chi connectivity index (χ2n) is 7.42. The van der Waals surface area contributed by atoms with E-state index < -0.39 is 0 Å². The SMILES string of the molecule is O=C(Cc1ccccc1)Nc1ccccc1C(=O)Nc1cccc(C=Cc2ccccn2)c1. The molecule has 0 saturated carbocycles. The molecule has 0 radical (unpaired) electrons. The summed E-state index contributed by atoms with van der Waals surface area (Å²) >= 11 is 0. The monoisotopic (exact) mass is 433 g/mol. The lowest BCUT2D eigenvalue weighted by molar-refractivity contribution is -0.115. The summed E-state index contributed by atoms with van der Waals surface area (Å²) in [5.74, 6) is -0.473. The Labute approximate surface area is 192 Å². The van der Waals surface area contributed by atoms with Gasteiger partial charge >= 0.3 is 0 Å². The molecule has 5 nitrogen and oxygen atoms in total. The van der Waals surface area contributed by atoms with Crippen molar-refractivity contribution in [1.29, 1.82) is 0 Å². The van der Waals surface area contributed by atoms with Crippen LogP contribution in [0.25, 0.3) is 12.2 Å². The molecule has 0 bridgehead atoms. The number of pyridine rings is 1. The minimum absolute atomic E-state index is 0.178. The summed E-state index contributed by atoms with van der Waals surface area (Å²) in [6, 6.07) is 29.7. The largest absolute Gasteiger partial charge is 0.325 e. The number of hydrogen-bond donors (Lipinski definition) is 2. The van der Waals surface area contributed by atoms with Crippen LogP contribution in [0.3, 0.4) is 0 Å². The molecule has 2 amide bonds. The van der Waals surface area contributed by atoms with Crippen LogP contribution in [-0.2, 0) is 11.2 Å². The van der Waals surface area contributed by atoms with Crippen molar-refractivity contribution in [1.82, 2.24) is 4.98 Å². The van der Waals surface area contributed by atoms with Gasteiger partial charge in [-0.05, 0) is 53.6 Å². The number of amides is 2. The van der Waals surface area contributed by atoms with Crippen molar-refractivity contribution in [3.05, 3.63) is 126 Å². The summed E-state index contributed by atoms with van der Waals surface area (Å²) < 4.78 is 0. The summed E-state index contributed by atoms with van der Waals surface area (Å²) in [5, 5.41) is 5.78. The first kappa shape index (κ1) is 21.7. The zero-order valence-electron chi connectivity index (χ0n) is 17.9. The number of carbonyl (C=O) groups is 2. The number of anilines is 2. The molecule has 33 heavy (non-hydrogen) atoms. The van der Waals surface area contributed by atoms with Crippen molar-refractivity contribution in [2.45, 2.75) is 6.42 Å². The number of rotatable bonds is 7. The van der Waals surface area contributed by atoms with E-state index >= 15 is 0 Å². The van der Waals surface area contributed by atoms with Crippen LogP contribution in [-0.4, -0.2) is 16.8 Å². The Balaban J connectivity index is 1.45. The molecule has 0 spiro atoms. The van der Waals surface area contributed by atoms with E-state index in [-0.39, 0.29) is 18.2 Å². The van der Waals surface area contributed by atoms with E-state index in [1.807, 2.05) is 84.9 Å². The zero-order valence-corrected chi connectivity index (χ0v) is 17.9. The van der Waals surface area contributed by atoms with Crippen molar-refractivity contribution in [2.24, 2.45) is 0 Å². The lowest BCUT2D eigenvalue weighted by Gasteiger charge is -2.12. The van der Waals surface area contributed by atoms with Gasteiger partial charge in [-0.25, -0.2) is 0 Å². The summed E-state index contributed by atoms with van der Waals surface area (Å²) in [4.78, 5) is 29.7. The van der Waals surface area contributed by atoms with Crippen molar-refractivity contribution in [3.8, 4) is 0 Å². The van der Waals surface area contributed by atoms with Crippen LogP contribution in [0, 0.1) is 0 Å². The maximum Gasteiger partial charge on any atom is 0.257 e. The maximum absolute atomic E-state index is 13.0. The van der Waals surface area contributed by atoms with Crippen molar-refractivity contribution in [3.63, 3.8) is 0 Å².